The summed E-state index contributed by atoms with van der Waals surface area (Å²) in [6, 6.07) is -0.174. The first kappa shape index (κ1) is 15.9. The second kappa shape index (κ2) is 7.42. The molecule has 1 heterocycles. The Morgan fingerprint density at radius 2 is 2.25 bits per heavy atom. The van der Waals surface area contributed by atoms with Crippen LogP contribution in [0.15, 0.2) is 23.8 Å². The predicted octanol–water partition coefficient (Wildman–Crippen LogP) is -0.806. The Balaban J connectivity index is 2.26. The van der Waals surface area contributed by atoms with E-state index in [0.717, 1.165) is 6.42 Å². The van der Waals surface area contributed by atoms with Gasteiger partial charge in [-0.1, -0.05) is 5.57 Å². The van der Waals surface area contributed by atoms with Gasteiger partial charge in [-0.3, -0.25) is 9.59 Å². The van der Waals surface area contributed by atoms with E-state index < -0.39 is 0 Å². The van der Waals surface area contributed by atoms with Gasteiger partial charge < -0.3 is 26.6 Å². The van der Waals surface area contributed by atoms with Gasteiger partial charge in [0.05, 0.1) is 0 Å². The molecule has 1 aliphatic rings. The summed E-state index contributed by atoms with van der Waals surface area (Å²) in [6.45, 7) is 2.29. The number of carbonyl (C=O) groups excluding carboxylic acids is 2. The van der Waals surface area contributed by atoms with E-state index >= 15 is 0 Å². The Bertz CT molecular complexity index is 430. The van der Waals surface area contributed by atoms with Gasteiger partial charge in [0.1, 0.15) is 11.9 Å². The average Bonchev–Trinajstić information content (AvgIpc) is 2.68. The van der Waals surface area contributed by atoms with E-state index in [0.29, 0.717) is 6.54 Å². The van der Waals surface area contributed by atoms with Crippen LogP contribution in [-0.2, 0) is 9.59 Å². The van der Waals surface area contributed by atoms with Crippen LogP contribution in [0.2, 0.25) is 0 Å². The fraction of sp³-hybridized carbons (Fsp3) is 0.538. The van der Waals surface area contributed by atoms with E-state index in [1.807, 2.05) is 25.1 Å². The molecule has 20 heavy (non-hydrogen) atoms. The zero-order chi connectivity index (χ0) is 15.1. The van der Waals surface area contributed by atoms with Crippen LogP contribution >= 0.6 is 0 Å². The SMILES string of the molecule is CN/C=C(\N)NC(=O)CCNC(=O)C1CC(C)=CN1C. The lowest BCUT2D eigenvalue weighted by atomic mass is 10.1. The molecule has 0 aromatic heterocycles. The summed E-state index contributed by atoms with van der Waals surface area (Å²) in [5, 5.41) is 7.98. The smallest absolute Gasteiger partial charge is 0.243 e. The van der Waals surface area contributed by atoms with E-state index in [-0.39, 0.29) is 30.1 Å². The molecule has 7 nitrogen and oxygen atoms in total. The summed E-state index contributed by atoms with van der Waals surface area (Å²) in [4.78, 5) is 25.3. The minimum Gasteiger partial charge on any atom is -0.391 e. The highest BCUT2D eigenvalue weighted by molar-refractivity contribution is 5.83. The van der Waals surface area contributed by atoms with E-state index in [2.05, 4.69) is 16.0 Å². The van der Waals surface area contributed by atoms with Crippen molar-refractivity contribution in [3.8, 4) is 0 Å². The Labute approximate surface area is 119 Å². The van der Waals surface area contributed by atoms with Crippen molar-refractivity contribution >= 4 is 11.8 Å². The molecule has 0 aromatic rings. The van der Waals surface area contributed by atoms with Crippen LogP contribution in [0.1, 0.15) is 19.8 Å². The number of rotatable bonds is 6. The lowest BCUT2D eigenvalue weighted by molar-refractivity contribution is -0.125. The van der Waals surface area contributed by atoms with Gasteiger partial charge in [-0.05, 0) is 19.5 Å². The number of likely N-dealkylation sites (N-methyl/N-ethyl adjacent to an activating group) is 1. The van der Waals surface area contributed by atoms with Crippen LogP contribution < -0.4 is 21.7 Å². The lowest BCUT2D eigenvalue weighted by Gasteiger charge is -2.19. The summed E-state index contributed by atoms with van der Waals surface area (Å²) < 4.78 is 0. The van der Waals surface area contributed by atoms with Crippen LogP contribution in [0.25, 0.3) is 0 Å². The topological polar surface area (TPSA) is 99.5 Å². The van der Waals surface area contributed by atoms with Gasteiger partial charge >= 0.3 is 0 Å². The van der Waals surface area contributed by atoms with E-state index in [9.17, 15) is 9.59 Å². The number of carbonyl (C=O) groups is 2. The second-order valence-corrected chi connectivity index (χ2v) is 4.84. The molecule has 0 aromatic carbocycles. The molecule has 1 rings (SSSR count). The Morgan fingerprint density at radius 1 is 1.55 bits per heavy atom. The molecule has 1 atom stereocenters. The van der Waals surface area contributed by atoms with E-state index in [1.54, 1.807) is 7.05 Å². The van der Waals surface area contributed by atoms with Crippen molar-refractivity contribution in [3.63, 3.8) is 0 Å². The summed E-state index contributed by atoms with van der Waals surface area (Å²) in [5.74, 6) is -0.0466. The maximum Gasteiger partial charge on any atom is 0.243 e. The molecule has 0 bridgehead atoms. The highest BCUT2D eigenvalue weighted by Crippen LogP contribution is 2.18. The Hall–Kier alpha value is -2.18. The third-order valence-corrected chi connectivity index (χ3v) is 2.97. The zero-order valence-corrected chi connectivity index (χ0v) is 12.2. The predicted molar refractivity (Wildman–Crippen MR) is 77.0 cm³/mol. The summed E-state index contributed by atoms with van der Waals surface area (Å²) in [6.07, 6.45) is 4.36. The molecule has 7 heteroatoms. The number of nitrogens with two attached hydrogens (primary N) is 1. The maximum atomic E-state index is 11.9. The first-order chi connectivity index (χ1) is 9.43. The Morgan fingerprint density at radius 3 is 2.80 bits per heavy atom. The van der Waals surface area contributed by atoms with Gasteiger partial charge in [-0.25, -0.2) is 0 Å². The van der Waals surface area contributed by atoms with Crippen molar-refractivity contribution in [1.29, 1.82) is 0 Å². The normalized spacial score (nSPS) is 18.6. The monoisotopic (exact) mass is 281 g/mol. The molecule has 2 amide bonds. The van der Waals surface area contributed by atoms with Crippen LogP contribution in [0, 0.1) is 0 Å². The van der Waals surface area contributed by atoms with Crippen LogP contribution in [0.3, 0.4) is 0 Å². The molecule has 1 unspecified atom stereocenters. The first-order valence-corrected chi connectivity index (χ1v) is 6.53. The highest BCUT2D eigenvalue weighted by atomic mass is 16.2. The third kappa shape index (κ3) is 4.83. The molecule has 112 valence electrons. The largest absolute Gasteiger partial charge is 0.391 e. The number of hydrogen-bond donors (Lipinski definition) is 4. The molecular weight excluding hydrogens is 258 g/mol. The Kier molecular flexibility index (Phi) is 5.89. The van der Waals surface area contributed by atoms with Crippen molar-refractivity contribution in [2.75, 3.05) is 20.6 Å². The van der Waals surface area contributed by atoms with Gasteiger partial charge in [0.2, 0.25) is 11.8 Å². The molecule has 5 N–H and O–H groups in total. The molecule has 0 saturated carbocycles. The third-order valence-electron chi connectivity index (χ3n) is 2.97. The highest BCUT2D eigenvalue weighted by Gasteiger charge is 2.26. The number of nitrogens with one attached hydrogen (secondary N) is 3. The number of amides is 2. The number of hydrogen-bond acceptors (Lipinski definition) is 5. The molecule has 0 fully saturated rings. The molecule has 0 spiro atoms. The summed E-state index contributed by atoms with van der Waals surface area (Å²) in [7, 11) is 3.56. The summed E-state index contributed by atoms with van der Waals surface area (Å²) >= 11 is 0. The van der Waals surface area contributed by atoms with E-state index in [4.69, 9.17) is 5.73 Å². The maximum absolute atomic E-state index is 11.9. The molecule has 1 aliphatic heterocycles. The van der Waals surface area contributed by atoms with E-state index in [1.165, 1.54) is 11.8 Å². The second-order valence-electron chi connectivity index (χ2n) is 4.84. The van der Waals surface area contributed by atoms with Gasteiger partial charge in [0.15, 0.2) is 0 Å². The van der Waals surface area contributed by atoms with Crippen LogP contribution in [0.4, 0.5) is 0 Å². The molecule has 0 aliphatic carbocycles. The van der Waals surface area contributed by atoms with Crippen LogP contribution in [0.5, 0.6) is 0 Å². The molecular formula is C13H23N5O2. The van der Waals surface area contributed by atoms with Crippen molar-refractivity contribution in [2.24, 2.45) is 5.73 Å². The molecule has 0 radical (unpaired) electrons. The summed E-state index contributed by atoms with van der Waals surface area (Å²) in [5.41, 5.74) is 6.69. The quantitative estimate of drug-likeness (QED) is 0.510. The number of nitrogens with zero attached hydrogens (tertiary/aromatic N) is 1. The van der Waals surface area contributed by atoms with Gasteiger partial charge in [0, 0.05) is 33.3 Å². The van der Waals surface area contributed by atoms with Gasteiger partial charge in [-0.15, -0.1) is 0 Å². The zero-order valence-electron chi connectivity index (χ0n) is 12.2. The fourth-order valence-corrected chi connectivity index (χ4v) is 2.05. The minimum atomic E-state index is -0.233. The van der Waals surface area contributed by atoms with Gasteiger partial charge in [-0.2, -0.15) is 0 Å². The fourth-order valence-electron chi connectivity index (χ4n) is 2.05. The van der Waals surface area contributed by atoms with Gasteiger partial charge in [0.25, 0.3) is 0 Å². The minimum absolute atomic E-state index is 0.0628. The molecule has 0 saturated heterocycles. The van der Waals surface area contributed by atoms with Crippen molar-refractivity contribution in [1.82, 2.24) is 20.9 Å². The van der Waals surface area contributed by atoms with Crippen molar-refractivity contribution < 1.29 is 9.59 Å². The van der Waals surface area contributed by atoms with Crippen LogP contribution in [-0.4, -0.2) is 43.4 Å². The first-order valence-electron chi connectivity index (χ1n) is 6.53. The van der Waals surface area contributed by atoms with Crippen molar-refractivity contribution in [3.05, 3.63) is 23.8 Å². The standard InChI is InChI=1S/C13H23N5O2/c1-9-6-10(18(3)8-9)13(20)16-5-4-12(19)17-11(14)7-15-2/h7-8,10,15H,4-6,14H2,1-3H3,(H,16,20)(H,17,19)/b11-7+. The van der Waals surface area contributed by atoms with Crippen molar-refractivity contribution in [2.45, 2.75) is 25.8 Å². The average molecular weight is 281 g/mol. The lowest BCUT2D eigenvalue weighted by Crippen LogP contribution is -2.42.